The lowest BCUT2D eigenvalue weighted by Crippen LogP contribution is -2.26. The van der Waals surface area contributed by atoms with E-state index in [9.17, 15) is 4.79 Å². The summed E-state index contributed by atoms with van der Waals surface area (Å²) in [5, 5.41) is 15.0. The van der Waals surface area contributed by atoms with Crippen LogP contribution in [0.15, 0.2) is 66.9 Å². The molecule has 0 aliphatic rings. The summed E-state index contributed by atoms with van der Waals surface area (Å²) in [4.78, 5) is 16.5. The number of nitrogens with one attached hydrogen (secondary N) is 2. The molecule has 140 valence electrons. The van der Waals surface area contributed by atoms with Crippen molar-refractivity contribution in [2.24, 2.45) is 0 Å². The van der Waals surface area contributed by atoms with Gasteiger partial charge in [-0.1, -0.05) is 18.2 Å². The molecule has 6 nitrogen and oxygen atoms in total. The van der Waals surface area contributed by atoms with Gasteiger partial charge in [-0.05, 0) is 54.4 Å². The van der Waals surface area contributed by atoms with Crippen LogP contribution in [0.5, 0.6) is 5.75 Å². The maximum Gasteiger partial charge on any atom is 0.269 e. The van der Waals surface area contributed by atoms with E-state index in [1.54, 1.807) is 43.6 Å². The molecule has 0 saturated carbocycles. The summed E-state index contributed by atoms with van der Waals surface area (Å²) in [6, 6.07) is 20.5. The summed E-state index contributed by atoms with van der Waals surface area (Å²) in [5.74, 6) is 0.579. The molecule has 0 atom stereocenters. The lowest BCUT2D eigenvalue weighted by Gasteiger charge is -2.08. The molecule has 0 saturated heterocycles. The second kappa shape index (κ2) is 9.19. The Morgan fingerprint density at radius 3 is 2.71 bits per heavy atom. The molecule has 0 unspecified atom stereocenters. The van der Waals surface area contributed by atoms with Crippen LogP contribution in [0.2, 0.25) is 0 Å². The zero-order chi connectivity index (χ0) is 19.8. The smallest absolute Gasteiger partial charge is 0.269 e. The average Bonchev–Trinajstić information content (AvgIpc) is 2.74. The van der Waals surface area contributed by atoms with Gasteiger partial charge in [0.05, 0.1) is 30.6 Å². The first-order valence-corrected chi connectivity index (χ1v) is 8.82. The molecule has 2 aromatic carbocycles. The van der Waals surface area contributed by atoms with Gasteiger partial charge in [0, 0.05) is 12.2 Å². The number of ether oxygens (including phenoxy) is 1. The highest BCUT2D eigenvalue weighted by Gasteiger charge is 2.07. The second-order valence-electron chi connectivity index (χ2n) is 6.11. The highest BCUT2D eigenvalue weighted by atomic mass is 16.5. The van der Waals surface area contributed by atoms with Crippen LogP contribution >= 0.6 is 0 Å². The number of aromatic nitrogens is 1. The quantitative estimate of drug-likeness (QED) is 0.661. The van der Waals surface area contributed by atoms with Gasteiger partial charge in [-0.25, -0.2) is 4.98 Å². The van der Waals surface area contributed by atoms with E-state index in [2.05, 4.69) is 21.7 Å². The molecular weight excluding hydrogens is 352 g/mol. The molecule has 0 aliphatic heterocycles. The molecular formula is C22H20N4O2. The number of pyridine rings is 1. The molecule has 0 aliphatic carbocycles. The van der Waals surface area contributed by atoms with E-state index in [1.165, 1.54) is 0 Å². The van der Waals surface area contributed by atoms with E-state index in [4.69, 9.17) is 10.00 Å². The normalized spacial score (nSPS) is 10.0. The molecule has 0 bridgehead atoms. The standard InChI is InChI=1S/C22H20N4O2/c1-28-20-7-3-4-16(13-20)10-11-24-22(27)21-9-8-19(15-25-21)26-18-6-2-5-17(12-18)14-23/h2-9,12-13,15,26H,10-11H2,1H3,(H,24,27). The summed E-state index contributed by atoms with van der Waals surface area (Å²) < 4.78 is 5.20. The predicted molar refractivity (Wildman–Crippen MR) is 108 cm³/mol. The first-order valence-electron chi connectivity index (χ1n) is 8.82. The lowest BCUT2D eigenvalue weighted by atomic mass is 10.1. The van der Waals surface area contributed by atoms with Crippen LogP contribution in [0.3, 0.4) is 0 Å². The fourth-order valence-electron chi connectivity index (χ4n) is 2.67. The van der Waals surface area contributed by atoms with Crippen LogP contribution in [-0.2, 0) is 6.42 Å². The minimum atomic E-state index is -0.221. The molecule has 0 fully saturated rings. The van der Waals surface area contributed by atoms with Gasteiger partial charge in [0.2, 0.25) is 0 Å². The van der Waals surface area contributed by atoms with Crippen molar-refractivity contribution in [2.75, 3.05) is 19.0 Å². The van der Waals surface area contributed by atoms with Crippen molar-refractivity contribution in [1.82, 2.24) is 10.3 Å². The van der Waals surface area contributed by atoms with Crippen molar-refractivity contribution in [3.05, 3.63) is 83.7 Å². The summed E-state index contributed by atoms with van der Waals surface area (Å²) in [6.45, 7) is 0.509. The Kier molecular flexibility index (Phi) is 6.21. The average molecular weight is 372 g/mol. The summed E-state index contributed by atoms with van der Waals surface area (Å²) >= 11 is 0. The number of carbonyl (C=O) groups is 1. The Balaban J connectivity index is 1.53. The molecule has 1 aromatic heterocycles. The van der Waals surface area contributed by atoms with E-state index >= 15 is 0 Å². The molecule has 1 amide bonds. The number of amides is 1. The third-order valence-corrected chi connectivity index (χ3v) is 4.11. The molecule has 2 N–H and O–H groups in total. The highest BCUT2D eigenvalue weighted by molar-refractivity contribution is 5.92. The summed E-state index contributed by atoms with van der Waals surface area (Å²) in [5.41, 5.74) is 3.54. The molecule has 0 spiro atoms. The van der Waals surface area contributed by atoms with Gasteiger partial charge in [0.1, 0.15) is 11.4 Å². The molecule has 6 heteroatoms. The van der Waals surface area contributed by atoms with E-state index in [1.807, 2.05) is 30.3 Å². The van der Waals surface area contributed by atoms with E-state index < -0.39 is 0 Å². The zero-order valence-electron chi connectivity index (χ0n) is 15.5. The number of hydrogen-bond acceptors (Lipinski definition) is 5. The third-order valence-electron chi connectivity index (χ3n) is 4.11. The van der Waals surface area contributed by atoms with Crippen molar-refractivity contribution in [1.29, 1.82) is 5.26 Å². The maximum absolute atomic E-state index is 12.3. The van der Waals surface area contributed by atoms with Gasteiger partial charge in [-0.2, -0.15) is 5.26 Å². The van der Waals surface area contributed by atoms with Crippen molar-refractivity contribution < 1.29 is 9.53 Å². The van der Waals surface area contributed by atoms with Gasteiger partial charge < -0.3 is 15.4 Å². The molecule has 3 aromatic rings. The van der Waals surface area contributed by atoms with Gasteiger partial charge in [0.25, 0.3) is 5.91 Å². The first kappa shape index (κ1) is 18.9. The first-order chi connectivity index (χ1) is 13.7. The van der Waals surface area contributed by atoms with Crippen LogP contribution in [0.25, 0.3) is 0 Å². The predicted octanol–water partition coefficient (Wildman–Crippen LogP) is 3.68. The number of benzene rings is 2. The van der Waals surface area contributed by atoms with Crippen LogP contribution in [0.4, 0.5) is 11.4 Å². The van der Waals surface area contributed by atoms with E-state index in [0.717, 1.165) is 22.7 Å². The Labute approximate surface area is 163 Å². The Morgan fingerprint density at radius 1 is 1.11 bits per heavy atom. The number of nitriles is 1. The molecule has 1 heterocycles. The SMILES string of the molecule is COc1cccc(CCNC(=O)c2ccc(Nc3cccc(C#N)c3)cn2)c1. The largest absolute Gasteiger partial charge is 0.497 e. The van der Waals surface area contributed by atoms with Crippen molar-refractivity contribution in [2.45, 2.75) is 6.42 Å². The highest BCUT2D eigenvalue weighted by Crippen LogP contribution is 2.17. The Morgan fingerprint density at radius 2 is 1.96 bits per heavy atom. The Bertz CT molecular complexity index is 994. The van der Waals surface area contributed by atoms with Gasteiger partial charge in [-0.3, -0.25) is 4.79 Å². The minimum Gasteiger partial charge on any atom is -0.497 e. The van der Waals surface area contributed by atoms with E-state index in [-0.39, 0.29) is 5.91 Å². The number of carbonyl (C=O) groups excluding carboxylic acids is 1. The summed E-state index contributed by atoms with van der Waals surface area (Å²) in [7, 11) is 1.63. The van der Waals surface area contributed by atoms with Gasteiger partial charge in [-0.15, -0.1) is 0 Å². The second-order valence-corrected chi connectivity index (χ2v) is 6.11. The number of nitrogens with zero attached hydrogens (tertiary/aromatic N) is 2. The monoisotopic (exact) mass is 372 g/mol. The van der Waals surface area contributed by atoms with Crippen LogP contribution < -0.4 is 15.4 Å². The number of anilines is 2. The number of methoxy groups -OCH3 is 1. The topological polar surface area (TPSA) is 87.0 Å². The molecule has 28 heavy (non-hydrogen) atoms. The fourth-order valence-corrected chi connectivity index (χ4v) is 2.67. The van der Waals surface area contributed by atoms with Crippen molar-refractivity contribution in [3.63, 3.8) is 0 Å². The summed E-state index contributed by atoms with van der Waals surface area (Å²) in [6.07, 6.45) is 2.30. The van der Waals surface area contributed by atoms with Crippen molar-refractivity contribution >= 4 is 17.3 Å². The van der Waals surface area contributed by atoms with Crippen LogP contribution in [0, 0.1) is 11.3 Å². The van der Waals surface area contributed by atoms with Gasteiger partial charge >= 0.3 is 0 Å². The maximum atomic E-state index is 12.3. The number of rotatable bonds is 7. The zero-order valence-corrected chi connectivity index (χ0v) is 15.5. The van der Waals surface area contributed by atoms with E-state index in [0.29, 0.717) is 24.2 Å². The van der Waals surface area contributed by atoms with Crippen LogP contribution in [-0.4, -0.2) is 24.5 Å². The number of hydrogen-bond donors (Lipinski definition) is 2. The fraction of sp³-hybridized carbons (Fsp3) is 0.136. The molecule has 0 radical (unpaired) electrons. The van der Waals surface area contributed by atoms with Gasteiger partial charge in [0.15, 0.2) is 0 Å². The van der Waals surface area contributed by atoms with Crippen LogP contribution in [0.1, 0.15) is 21.6 Å². The lowest BCUT2D eigenvalue weighted by molar-refractivity contribution is 0.0949. The molecule has 3 rings (SSSR count). The third kappa shape index (κ3) is 5.08. The Hall–Kier alpha value is -3.85. The van der Waals surface area contributed by atoms with Crippen molar-refractivity contribution in [3.8, 4) is 11.8 Å². The minimum absolute atomic E-state index is 0.221.